The zero-order chi connectivity index (χ0) is 15.7. The number of aliphatic carboxylic acids is 1. The van der Waals surface area contributed by atoms with Gasteiger partial charge in [-0.1, -0.05) is 6.92 Å². The highest BCUT2D eigenvalue weighted by Gasteiger charge is 2.20. The average Bonchev–Trinajstić information content (AvgIpc) is 2.40. The Kier molecular flexibility index (Phi) is 8.12. The first-order valence-corrected chi connectivity index (χ1v) is 8.02. The van der Waals surface area contributed by atoms with E-state index in [1.54, 1.807) is 0 Å². The second kappa shape index (κ2) is 9.60. The summed E-state index contributed by atoms with van der Waals surface area (Å²) >= 11 is 0. The van der Waals surface area contributed by atoms with E-state index in [4.69, 9.17) is 5.11 Å². The summed E-state index contributed by atoms with van der Waals surface area (Å²) in [6, 6.07) is 0.126. The molecule has 1 saturated heterocycles. The molecular formula is C15H29N3O3. The predicted octanol–water partition coefficient (Wildman–Crippen LogP) is 1.80. The Morgan fingerprint density at radius 2 is 2.00 bits per heavy atom. The van der Waals surface area contributed by atoms with Crippen LogP contribution < -0.4 is 10.6 Å². The van der Waals surface area contributed by atoms with Gasteiger partial charge in [-0.2, -0.15) is 0 Å². The lowest BCUT2D eigenvalue weighted by Gasteiger charge is -2.32. The van der Waals surface area contributed by atoms with Crippen LogP contribution in [0.2, 0.25) is 0 Å². The minimum absolute atomic E-state index is 0.00419. The van der Waals surface area contributed by atoms with Crippen LogP contribution in [0.15, 0.2) is 0 Å². The van der Waals surface area contributed by atoms with Gasteiger partial charge < -0.3 is 20.6 Å². The number of nitrogens with one attached hydrogen (secondary N) is 2. The molecule has 1 atom stereocenters. The molecule has 6 heteroatoms. The number of piperidine rings is 1. The van der Waals surface area contributed by atoms with Crippen molar-refractivity contribution < 1.29 is 14.7 Å². The SMILES string of the molecule is CCCN1CCC(NC(=O)NC(C)CCCC(=O)O)CC1. The van der Waals surface area contributed by atoms with Crippen LogP contribution in [0.3, 0.4) is 0 Å². The number of likely N-dealkylation sites (tertiary alicyclic amines) is 1. The number of carbonyl (C=O) groups excluding carboxylic acids is 1. The van der Waals surface area contributed by atoms with E-state index in [2.05, 4.69) is 22.5 Å². The van der Waals surface area contributed by atoms with Gasteiger partial charge in [-0.15, -0.1) is 0 Å². The van der Waals surface area contributed by atoms with Gasteiger partial charge in [0.15, 0.2) is 0 Å². The third-order valence-corrected chi connectivity index (χ3v) is 3.87. The van der Waals surface area contributed by atoms with Crippen LogP contribution >= 0.6 is 0 Å². The van der Waals surface area contributed by atoms with Crippen LogP contribution in [0.4, 0.5) is 4.79 Å². The molecule has 122 valence electrons. The first kappa shape index (κ1) is 17.8. The van der Waals surface area contributed by atoms with Crippen molar-refractivity contribution in [3.63, 3.8) is 0 Å². The topological polar surface area (TPSA) is 81.7 Å². The van der Waals surface area contributed by atoms with Gasteiger partial charge in [0, 0.05) is 31.6 Å². The smallest absolute Gasteiger partial charge is 0.315 e. The molecule has 1 unspecified atom stereocenters. The molecule has 1 aliphatic heterocycles. The van der Waals surface area contributed by atoms with Gasteiger partial charge in [-0.25, -0.2) is 4.79 Å². The summed E-state index contributed by atoms with van der Waals surface area (Å²) in [5.41, 5.74) is 0. The quantitative estimate of drug-likeness (QED) is 0.638. The van der Waals surface area contributed by atoms with Crippen LogP contribution in [0.1, 0.15) is 52.4 Å². The fraction of sp³-hybridized carbons (Fsp3) is 0.867. The lowest BCUT2D eigenvalue weighted by Crippen LogP contribution is -2.49. The zero-order valence-corrected chi connectivity index (χ0v) is 13.2. The van der Waals surface area contributed by atoms with Gasteiger partial charge in [0.25, 0.3) is 0 Å². The highest BCUT2D eigenvalue weighted by molar-refractivity contribution is 5.74. The molecule has 0 aromatic heterocycles. The number of amides is 2. The maximum Gasteiger partial charge on any atom is 0.315 e. The highest BCUT2D eigenvalue weighted by atomic mass is 16.4. The second-order valence-corrected chi connectivity index (χ2v) is 5.92. The molecule has 0 saturated carbocycles. The molecule has 1 rings (SSSR count). The van der Waals surface area contributed by atoms with Crippen LogP contribution in [-0.2, 0) is 4.79 Å². The van der Waals surface area contributed by atoms with E-state index < -0.39 is 5.97 Å². The fourth-order valence-corrected chi connectivity index (χ4v) is 2.70. The van der Waals surface area contributed by atoms with Crippen LogP contribution in [-0.4, -0.2) is 53.7 Å². The molecule has 6 nitrogen and oxygen atoms in total. The Hall–Kier alpha value is -1.30. The molecule has 0 aromatic rings. The van der Waals surface area contributed by atoms with Crippen molar-refractivity contribution in [1.29, 1.82) is 0 Å². The maximum absolute atomic E-state index is 11.9. The van der Waals surface area contributed by atoms with Crippen molar-refractivity contribution in [2.24, 2.45) is 0 Å². The molecule has 0 radical (unpaired) electrons. The summed E-state index contributed by atoms with van der Waals surface area (Å²) in [6.07, 6.45) is 4.61. The van der Waals surface area contributed by atoms with Crippen LogP contribution in [0.25, 0.3) is 0 Å². The monoisotopic (exact) mass is 299 g/mol. The number of hydrogen-bond acceptors (Lipinski definition) is 3. The molecule has 0 aromatic carbocycles. The van der Waals surface area contributed by atoms with E-state index in [0.29, 0.717) is 12.8 Å². The molecule has 0 spiro atoms. The molecule has 1 aliphatic rings. The predicted molar refractivity (Wildman–Crippen MR) is 82.4 cm³/mol. The molecule has 0 aliphatic carbocycles. The summed E-state index contributed by atoms with van der Waals surface area (Å²) in [6.45, 7) is 7.33. The third kappa shape index (κ3) is 7.90. The largest absolute Gasteiger partial charge is 0.481 e. The lowest BCUT2D eigenvalue weighted by atomic mass is 10.1. The average molecular weight is 299 g/mol. The van der Waals surface area contributed by atoms with Crippen LogP contribution in [0.5, 0.6) is 0 Å². The highest BCUT2D eigenvalue weighted by Crippen LogP contribution is 2.10. The minimum atomic E-state index is -0.787. The molecule has 2 amide bonds. The number of nitrogens with zero attached hydrogens (tertiary/aromatic N) is 1. The molecular weight excluding hydrogens is 270 g/mol. The van der Waals surface area contributed by atoms with Crippen molar-refractivity contribution >= 4 is 12.0 Å². The molecule has 0 bridgehead atoms. The van der Waals surface area contributed by atoms with Crippen molar-refractivity contribution in [2.45, 2.75) is 64.5 Å². The Morgan fingerprint density at radius 3 is 2.57 bits per heavy atom. The van der Waals surface area contributed by atoms with E-state index in [-0.39, 0.29) is 24.5 Å². The number of rotatable bonds is 8. The third-order valence-electron chi connectivity index (χ3n) is 3.87. The number of carbonyl (C=O) groups is 2. The fourth-order valence-electron chi connectivity index (χ4n) is 2.70. The second-order valence-electron chi connectivity index (χ2n) is 5.92. The van der Waals surface area contributed by atoms with E-state index in [1.807, 2.05) is 6.92 Å². The summed E-state index contributed by atoms with van der Waals surface area (Å²) in [7, 11) is 0. The number of hydrogen-bond donors (Lipinski definition) is 3. The number of urea groups is 1. The Balaban J connectivity index is 2.14. The van der Waals surface area contributed by atoms with E-state index >= 15 is 0 Å². The van der Waals surface area contributed by atoms with Gasteiger partial charge in [0.1, 0.15) is 0 Å². The Labute approximate surface area is 127 Å². The summed E-state index contributed by atoms with van der Waals surface area (Å²) in [5, 5.41) is 14.5. The zero-order valence-electron chi connectivity index (χ0n) is 13.2. The van der Waals surface area contributed by atoms with Crippen molar-refractivity contribution in [1.82, 2.24) is 15.5 Å². The van der Waals surface area contributed by atoms with Gasteiger partial charge in [0.2, 0.25) is 0 Å². The van der Waals surface area contributed by atoms with Crippen molar-refractivity contribution in [2.75, 3.05) is 19.6 Å². The van der Waals surface area contributed by atoms with E-state index in [9.17, 15) is 9.59 Å². The standard InChI is InChI=1S/C15H29N3O3/c1-3-9-18-10-7-13(8-11-18)17-15(21)16-12(2)5-4-6-14(19)20/h12-13H,3-11H2,1-2H3,(H,19,20)(H2,16,17,21). The molecule has 21 heavy (non-hydrogen) atoms. The summed E-state index contributed by atoms with van der Waals surface area (Å²) < 4.78 is 0. The summed E-state index contributed by atoms with van der Waals surface area (Å²) in [5.74, 6) is -0.787. The molecule has 3 N–H and O–H groups in total. The van der Waals surface area contributed by atoms with Crippen molar-refractivity contribution in [3.8, 4) is 0 Å². The molecule has 1 fully saturated rings. The van der Waals surface area contributed by atoms with Crippen molar-refractivity contribution in [3.05, 3.63) is 0 Å². The van der Waals surface area contributed by atoms with Gasteiger partial charge >= 0.3 is 12.0 Å². The lowest BCUT2D eigenvalue weighted by molar-refractivity contribution is -0.137. The van der Waals surface area contributed by atoms with Gasteiger partial charge in [0.05, 0.1) is 0 Å². The Bertz CT molecular complexity index is 328. The van der Waals surface area contributed by atoms with E-state index in [0.717, 1.165) is 32.5 Å². The minimum Gasteiger partial charge on any atom is -0.481 e. The van der Waals surface area contributed by atoms with Gasteiger partial charge in [-0.05, 0) is 45.6 Å². The summed E-state index contributed by atoms with van der Waals surface area (Å²) in [4.78, 5) is 24.7. The van der Waals surface area contributed by atoms with Crippen LogP contribution in [0, 0.1) is 0 Å². The number of carboxylic acids is 1. The van der Waals surface area contributed by atoms with Gasteiger partial charge in [-0.3, -0.25) is 4.79 Å². The normalized spacial score (nSPS) is 18.2. The molecule has 1 heterocycles. The Morgan fingerprint density at radius 1 is 1.33 bits per heavy atom. The first-order chi connectivity index (χ1) is 10.0. The number of carboxylic acid groups (broad SMARTS) is 1. The first-order valence-electron chi connectivity index (χ1n) is 8.02. The van der Waals surface area contributed by atoms with E-state index in [1.165, 1.54) is 6.42 Å². The maximum atomic E-state index is 11.9.